The van der Waals surface area contributed by atoms with Gasteiger partial charge in [-0.15, -0.1) is 0 Å². The van der Waals surface area contributed by atoms with Gasteiger partial charge in [0.1, 0.15) is 6.04 Å². The first-order valence-corrected chi connectivity index (χ1v) is 8.26. The number of likely N-dealkylation sites (tertiary alicyclic amines) is 1. The summed E-state index contributed by atoms with van der Waals surface area (Å²) in [6.07, 6.45) is 2.96. The van der Waals surface area contributed by atoms with Gasteiger partial charge in [0.15, 0.2) is 0 Å². The molecule has 116 valence electrons. The van der Waals surface area contributed by atoms with Crippen molar-refractivity contribution in [3.63, 3.8) is 0 Å². The Hall–Kier alpha value is -0.610. The molecule has 0 saturated carbocycles. The van der Waals surface area contributed by atoms with Crippen LogP contribution in [-0.4, -0.2) is 43.5 Å². The predicted octanol–water partition coefficient (Wildman–Crippen LogP) is 2.06. The zero-order valence-corrected chi connectivity index (χ0v) is 14.2. The fourth-order valence-electron chi connectivity index (χ4n) is 2.74. The molecule has 1 aliphatic heterocycles. The monoisotopic (exact) mass is 329 g/mol. The van der Waals surface area contributed by atoms with Gasteiger partial charge in [-0.2, -0.15) is 0 Å². The Kier molecular flexibility index (Phi) is 6.06. The van der Waals surface area contributed by atoms with E-state index in [-0.39, 0.29) is 5.91 Å². The Morgan fingerprint density at radius 1 is 1.29 bits per heavy atom. The Morgan fingerprint density at radius 2 is 1.95 bits per heavy atom. The molecule has 1 N–H and O–H groups in total. The number of nitrogens with zero attached hydrogens (tertiary/aromatic N) is 1. The third-order valence-electron chi connectivity index (χ3n) is 4.26. The molecule has 1 aromatic carbocycles. The maximum Gasteiger partial charge on any atom is 0.316 e. The van der Waals surface area contributed by atoms with E-state index in [0.29, 0.717) is 22.5 Å². The number of halogens is 2. The van der Waals surface area contributed by atoms with Gasteiger partial charge in [-0.3, -0.25) is 9.80 Å². The van der Waals surface area contributed by atoms with Gasteiger partial charge >= 0.3 is 5.91 Å². The maximum absolute atomic E-state index is 12.4. The summed E-state index contributed by atoms with van der Waals surface area (Å²) in [5.74, 6) is 0.195. The quantitative estimate of drug-likeness (QED) is 0.894. The van der Waals surface area contributed by atoms with Gasteiger partial charge < -0.3 is 0 Å². The van der Waals surface area contributed by atoms with Crippen molar-refractivity contribution in [2.24, 2.45) is 0 Å². The first-order chi connectivity index (χ1) is 9.97. The minimum Gasteiger partial charge on any atom is -0.298 e. The van der Waals surface area contributed by atoms with Crippen LogP contribution in [0.5, 0.6) is 0 Å². The number of likely N-dealkylation sites (N-methyl/N-ethyl adjacent to an activating group) is 1. The lowest BCUT2D eigenvalue weighted by molar-refractivity contribution is -0.824. The molecule has 1 unspecified atom stereocenters. The lowest BCUT2D eigenvalue weighted by Gasteiger charge is -2.24. The molecule has 1 saturated heterocycles. The van der Waals surface area contributed by atoms with Crippen molar-refractivity contribution in [3.05, 3.63) is 33.8 Å². The standard InChI is InChI=1S/C16H22Cl2N2O/c1-12(11-20-7-3-4-8-20)19(2)16(21)10-13-5-6-14(17)15(18)9-13/h5-6,9,12H,3-4,7-8,10-11H2,1-2H3/p+1/t12-/m0/s1. The predicted molar refractivity (Wildman–Crippen MR) is 87.2 cm³/mol. The second-order valence-corrected chi connectivity index (χ2v) is 6.75. The molecule has 0 bridgehead atoms. The molecule has 1 aliphatic rings. The van der Waals surface area contributed by atoms with Crippen LogP contribution in [-0.2, 0) is 11.2 Å². The normalized spacial score (nSPS) is 18.7. The SMILES string of the molecule is C[C@@H](CN1CCCC1)[NH+](C)C(=O)Cc1ccc(Cl)c(Cl)c1. The van der Waals surface area contributed by atoms with Gasteiger partial charge in [0.05, 0.1) is 30.1 Å². The molecule has 21 heavy (non-hydrogen) atoms. The number of hydrogen-bond donors (Lipinski definition) is 1. The summed E-state index contributed by atoms with van der Waals surface area (Å²) in [7, 11) is 1.96. The molecule has 1 aromatic rings. The Bertz CT molecular complexity index is 501. The molecule has 2 rings (SSSR count). The molecule has 0 radical (unpaired) electrons. The highest BCUT2D eigenvalue weighted by Crippen LogP contribution is 2.22. The number of carbonyl (C=O) groups excluding carboxylic acids is 1. The van der Waals surface area contributed by atoms with Crippen LogP contribution in [0.4, 0.5) is 0 Å². The van der Waals surface area contributed by atoms with Crippen molar-refractivity contribution < 1.29 is 9.69 Å². The van der Waals surface area contributed by atoms with Crippen molar-refractivity contribution in [2.75, 3.05) is 26.7 Å². The molecule has 1 heterocycles. The molecule has 1 amide bonds. The number of hydrogen-bond acceptors (Lipinski definition) is 2. The summed E-state index contributed by atoms with van der Waals surface area (Å²) < 4.78 is 0. The molecule has 3 nitrogen and oxygen atoms in total. The van der Waals surface area contributed by atoms with Crippen LogP contribution in [0.3, 0.4) is 0 Å². The molecular weight excluding hydrogens is 307 g/mol. The zero-order chi connectivity index (χ0) is 15.4. The first kappa shape index (κ1) is 16.8. The zero-order valence-electron chi connectivity index (χ0n) is 12.7. The Balaban J connectivity index is 1.90. The van der Waals surface area contributed by atoms with Crippen LogP contribution in [0.2, 0.25) is 10.0 Å². The van der Waals surface area contributed by atoms with Crippen LogP contribution in [0.15, 0.2) is 18.2 Å². The summed E-state index contributed by atoms with van der Waals surface area (Å²) in [5, 5.41) is 1.03. The van der Waals surface area contributed by atoms with Crippen LogP contribution in [0.1, 0.15) is 25.3 Å². The Morgan fingerprint density at radius 3 is 2.57 bits per heavy atom. The molecule has 2 atom stereocenters. The van der Waals surface area contributed by atoms with Crippen molar-refractivity contribution in [2.45, 2.75) is 32.2 Å². The molecule has 0 spiro atoms. The third-order valence-corrected chi connectivity index (χ3v) is 5.00. The van der Waals surface area contributed by atoms with E-state index < -0.39 is 0 Å². The highest BCUT2D eigenvalue weighted by Gasteiger charge is 2.25. The number of carbonyl (C=O) groups is 1. The summed E-state index contributed by atoms with van der Waals surface area (Å²) in [6, 6.07) is 5.69. The van der Waals surface area contributed by atoms with E-state index in [2.05, 4.69) is 11.8 Å². The van der Waals surface area contributed by atoms with Crippen LogP contribution >= 0.6 is 23.2 Å². The maximum atomic E-state index is 12.4. The first-order valence-electron chi connectivity index (χ1n) is 7.50. The molecule has 5 heteroatoms. The van der Waals surface area contributed by atoms with Crippen LogP contribution < -0.4 is 4.90 Å². The van der Waals surface area contributed by atoms with Crippen LogP contribution in [0, 0.1) is 0 Å². The van der Waals surface area contributed by atoms with E-state index in [9.17, 15) is 4.79 Å². The second-order valence-electron chi connectivity index (χ2n) is 5.94. The van der Waals surface area contributed by atoms with Gasteiger partial charge in [-0.05, 0) is 50.6 Å². The molecular formula is C16H23Cl2N2O+. The number of nitrogens with one attached hydrogen (secondary N) is 1. The Labute approximate surface area is 136 Å². The lowest BCUT2D eigenvalue weighted by atomic mass is 10.1. The summed E-state index contributed by atoms with van der Waals surface area (Å²) in [6.45, 7) is 5.45. The van der Waals surface area contributed by atoms with Gasteiger partial charge in [-0.1, -0.05) is 29.3 Å². The van der Waals surface area contributed by atoms with Crippen molar-refractivity contribution >= 4 is 29.1 Å². The average molecular weight is 330 g/mol. The van der Waals surface area contributed by atoms with E-state index in [1.165, 1.54) is 25.9 Å². The average Bonchev–Trinajstić information content (AvgIpc) is 2.94. The molecule has 0 aliphatic carbocycles. The fraction of sp³-hybridized carbons (Fsp3) is 0.562. The fourth-order valence-corrected chi connectivity index (χ4v) is 3.06. The number of rotatable bonds is 5. The molecule has 0 aromatic heterocycles. The minimum atomic E-state index is 0.195. The van der Waals surface area contributed by atoms with Gasteiger partial charge in [0.25, 0.3) is 0 Å². The third kappa shape index (κ3) is 4.68. The number of quaternary nitrogens is 1. The van der Waals surface area contributed by atoms with E-state index >= 15 is 0 Å². The summed E-state index contributed by atoms with van der Waals surface area (Å²) in [4.78, 5) is 15.8. The topological polar surface area (TPSA) is 24.8 Å². The van der Waals surface area contributed by atoms with Gasteiger partial charge in [-0.25, -0.2) is 4.79 Å². The van der Waals surface area contributed by atoms with E-state index in [4.69, 9.17) is 23.2 Å². The van der Waals surface area contributed by atoms with Crippen LogP contribution in [0.25, 0.3) is 0 Å². The molecule has 1 fully saturated rings. The largest absolute Gasteiger partial charge is 0.316 e. The second kappa shape index (κ2) is 7.59. The van der Waals surface area contributed by atoms with Crippen molar-refractivity contribution in [3.8, 4) is 0 Å². The van der Waals surface area contributed by atoms with E-state index in [1.54, 1.807) is 12.1 Å². The highest BCUT2D eigenvalue weighted by atomic mass is 35.5. The van der Waals surface area contributed by atoms with Gasteiger partial charge in [0.2, 0.25) is 0 Å². The highest BCUT2D eigenvalue weighted by molar-refractivity contribution is 6.42. The summed E-state index contributed by atoms with van der Waals surface area (Å²) in [5.41, 5.74) is 0.919. The number of amides is 1. The van der Waals surface area contributed by atoms with Crippen molar-refractivity contribution in [1.29, 1.82) is 0 Å². The number of benzene rings is 1. The van der Waals surface area contributed by atoms with Gasteiger partial charge in [0, 0.05) is 0 Å². The van der Waals surface area contributed by atoms with E-state index in [0.717, 1.165) is 17.0 Å². The summed E-state index contributed by atoms with van der Waals surface area (Å²) >= 11 is 11.9. The smallest absolute Gasteiger partial charge is 0.298 e. The lowest BCUT2D eigenvalue weighted by Crippen LogP contribution is -3.16. The minimum absolute atomic E-state index is 0.195. The van der Waals surface area contributed by atoms with E-state index in [1.807, 2.05) is 13.1 Å². The van der Waals surface area contributed by atoms with Crippen molar-refractivity contribution in [1.82, 2.24) is 4.90 Å².